The van der Waals surface area contributed by atoms with Crippen LogP contribution in [0.15, 0.2) is 53.6 Å². The van der Waals surface area contributed by atoms with Crippen molar-refractivity contribution in [2.24, 2.45) is 0 Å². The molecule has 1 saturated heterocycles. The zero-order valence-electron chi connectivity index (χ0n) is 15.9. The summed E-state index contributed by atoms with van der Waals surface area (Å²) in [6.07, 6.45) is 4.06. The highest BCUT2D eigenvalue weighted by Crippen LogP contribution is 2.35. The number of fused-ring (bicyclic) bond motifs is 2. The van der Waals surface area contributed by atoms with E-state index in [1.165, 1.54) is 0 Å². The Morgan fingerprint density at radius 1 is 1.14 bits per heavy atom. The molecule has 0 saturated carbocycles. The Balaban J connectivity index is 1.33. The van der Waals surface area contributed by atoms with Gasteiger partial charge in [-0.25, -0.2) is 0 Å². The molecule has 1 aromatic carbocycles. The van der Waals surface area contributed by atoms with Gasteiger partial charge in [0.05, 0.1) is 17.5 Å². The van der Waals surface area contributed by atoms with Crippen LogP contribution >= 0.6 is 11.8 Å². The van der Waals surface area contributed by atoms with E-state index in [1.807, 2.05) is 58.0 Å². The number of hydrogen-bond donors (Lipinski definition) is 0. The molecule has 8 heteroatoms. The Kier molecular flexibility index (Phi) is 4.71. The Labute approximate surface area is 172 Å². The van der Waals surface area contributed by atoms with Gasteiger partial charge >= 0.3 is 0 Å². The van der Waals surface area contributed by atoms with Crippen LogP contribution in [0.2, 0.25) is 0 Å². The van der Waals surface area contributed by atoms with Gasteiger partial charge in [0.25, 0.3) is 0 Å². The van der Waals surface area contributed by atoms with Crippen LogP contribution < -0.4 is 4.90 Å². The number of hydrogen-bond acceptors (Lipinski definition) is 5. The molecular weight excluding hydrogens is 386 g/mol. The van der Waals surface area contributed by atoms with Gasteiger partial charge in [0, 0.05) is 30.6 Å². The third-order valence-electron chi connectivity index (χ3n) is 5.57. The summed E-state index contributed by atoms with van der Waals surface area (Å²) in [4.78, 5) is 30.3. The summed E-state index contributed by atoms with van der Waals surface area (Å²) in [6, 6.07) is 13.6. The average Bonchev–Trinajstić information content (AvgIpc) is 3.39. The number of thioether (sulfide) groups is 1. The quantitative estimate of drug-likeness (QED) is 0.665. The fraction of sp³-hybridized carbons (Fsp3) is 0.333. The summed E-state index contributed by atoms with van der Waals surface area (Å²) in [5, 5.41) is 8.58. The van der Waals surface area contributed by atoms with E-state index in [1.54, 1.807) is 16.7 Å². The topological polar surface area (TPSA) is 70.8 Å². The van der Waals surface area contributed by atoms with Gasteiger partial charge in [-0.1, -0.05) is 18.2 Å². The van der Waals surface area contributed by atoms with Crippen LogP contribution in [0.3, 0.4) is 0 Å². The number of anilines is 1. The van der Waals surface area contributed by atoms with E-state index in [0.717, 1.165) is 34.9 Å². The second-order valence-electron chi connectivity index (χ2n) is 7.28. The molecule has 4 heterocycles. The predicted molar refractivity (Wildman–Crippen MR) is 111 cm³/mol. The first kappa shape index (κ1) is 18.2. The van der Waals surface area contributed by atoms with Crippen LogP contribution in [0, 0.1) is 0 Å². The van der Waals surface area contributed by atoms with Crippen LogP contribution in [0.5, 0.6) is 0 Å². The predicted octanol–water partition coefficient (Wildman–Crippen LogP) is 2.92. The fourth-order valence-electron chi connectivity index (χ4n) is 4.17. The molecule has 148 valence electrons. The first-order chi connectivity index (χ1) is 14.2. The van der Waals surface area contributed by atoms with Crippen molar-refractivity contribution in [2.45, 2.75) is 30.2 Å². The first-order valence-electron chi connectivity index (χ1n) is 9.84. The number of rotatable bonds is 4. The molecule has 2 aromatic heterocycles. The lowest BCUT2D eigenvalue weighted by Gasteiger charge is -2.30. The molecule has 29 heavy (non-hydrogen) atoms. The van der Waals surface area contributed by atoms with Crippen molar-refractivity contribution in [3.8, 4) is 0 Å². The number of amides is 2. The van der Waals surface area contributed by atoms with E-state index in [-0.39, 0.29) is 17.9 Å². The first-order valence-corrected chi connectivity index (χ1v) is 10.8. The molecule has 1 atom stereocenters. The monoisotopic (exact) mass is 407 g/mol. The maximum atomic E-state index is 13.1. The molecule has 2 aliphatic heterocycles. The molecule has 0 radical (unpaired) electrons. The molecule has 2 aliphatic rings. The largest absolute Gasteiger partial charge is 0.332 e. The van der Waals surface area contributed by atoms with E-state index < -0.39 is 0 Å². The number of para-hydroxylation sites is 1. The van der Waals surface area contributed by atoms with E-state index >= 15 is 0 Å². The second-order valence-corrected chi connectivity index (χ2v) is 8.30. The maximum absolute atomic E-state index is 13.1. The van der Waals surface area contributed by atoms with Gasteiger partial charge in [-0.2, -0.15) is 0 Å². The van der Waals surface area contributed by atoms with Gasteiger partial charge in [-0.3, -0.25) is 14.0 Å². The number of carbonyl (C=O) groups excluding carboxylic acids is 2. The van der Waals surface area contributed by atoms with Crippen molar-refractivity contribution in [1.82, 2.24) is 19.5 Å². The minimum absolute atomic E-state index is 0.0583. The van der Waals surface area contributed by atoms with E-state index in [0.29, 0.717) is 25.3 Å². The van der Waals surface area contributed by atoms with Crippen LogP contribution in [-0.4, -0.2) is 50.2 Å². The lowest BCUT2D eigenvalue weighted by molar-refractivity contribution is -0.132. The molecule has 0 bridgehead atoms. The Hall–Kier alpha value is -2.87. The highest BCUT2D eigenvalue weighted by Gasteiger charge is 2.34. The van der Waals surface area contributed by atoms with Crippen molar-refractivity contribution < 1.29 is 9.59 Å². The minimum atomic E-state index is -0.0696. The van der Waals surface area contributed by atoms with Crippen LogP contribution in [0.1, 0.15) is 31.1 Å². The van der Waals surface area contributed by atoms with Gasteiger partial charge < -0.3 is 9.80 Å². The second kappa shape index (κ2) is 7.51. The molecule has 5 rings (SSSR count). The van der Waals surface area contributed by atoms with E-state index in [9.17, 15) is 9.59 Å². The maximum Gasteiger partial charge on any atom is 0.237 e. The number of pyridine rings is 1. The van der Waals surface area contributed by atoms with Gasteiger partial charge in [0.15, 0.2) is 11.5 Å². The molecule has 0 spiro atoms. The highest BCUT2D eigenvalue weighted by molar-refractivity contribution is 8.00. The summed E-state index contributed by atoms with van der Waals surface area (Å²) in [5.41, 5.74) is 1.69. The van der Waals surface area contributed by atoms with E-state index in [4.69, 9.17) is 0 Å². The molecule has 0 N–H and O–H groups in total. The minimum Gasteiger partial charge on any atom is -0.332 e. The molecule has 1 unspecified atom stereocenters. The molecule has 0 aliphatic carbocycles. The molecule has 7 nitrogen and oxygen atoms in total. The Morgan fingerprint density at radius 2 is 2.00 bits per heavy atom. The van der Waals surface area contributed by atoms with Gasteiger partial charge in [-0.05, 0) is 37.1 Å². The Bertz CT molecular complexity index is 1080. The number of nitrogens with zero attached hydrogens (tertiary/aromatic N) is 5. The lowest BCUT2D eigenvalue weighted by atomic mass is 10.2. The number of benzene rings is 1. The number of aromatic nitrogens is 3. The van der Waals surface area contributed by atoms with Crippen molar-refractivity contribution in [2.75, 3.05) is 23.7 Å². The average molecular weight is 407 g/mol. The van der Waals surface area contributed by atoms with Crippen LogP contribution in [0.4, 0.5) is 5.69 Å². The standard InChI is InChI=1S/C21H21N5O2S/c27-19(10-13-25-15-6-1-2-8-17(15)29-14-20(25)28)24-12-5-7-16(24)21-23-22-18-9-3-4-11-26(18)21/h1-4,6,8-9,11,16H,5,7,10,12-14H2. The number of carbonyl (C=O) groups is 2. The highest BCUT2D eigenvalue weighted by atomic mass is 32.2. The van der Waals surface area contributed by atoms with Gasteiger partial charge in [0.1, 0.15) is 0 Å². The van der Waals surface area contributed by atoms with E-state index in [2.05, 4.69) is 10.2 Å². The van der Waals surface area contributed by atoms with Gasteiger partial charge in [0.2, 0.25) is 11.8 Å². The summed E-state index contributed by atoms with van der Waals surface area (Å²) in [7, 11) is 0. The smallest absolute Gasteiger partial charge is 0.237 e. The van der Waals surface area contributed by atoms with Crippen LogP contribution in [0.25, 0.3) is 5.65 Å². The van der Waals surface area contributed by atoms with Gasteiger partial charge in [-0.15, -0.1) is 22.0 Å². The molecular formula is C21H21N5O2S. The molecule has 2 amide bonds. The zero-order valence-corrected chi connectivity index (χ0v) is 16.7. The normalized spacial score (nSPS) is 19.0. The summed E-state index contributed by atoms with van der Waals surface area (Å²) in [5.74, 6) is 1.34. The zero-order chi connectivity index (χ0) is 19.8. The number of likely N-dealkylation sites (tertiary alicyclic amines) is 1. The summed E-state index contributed by atoms with van der Waals surface area (Å²) >= 11 is 1.56. The van der Waals surface area contributed by atoms with Crippen LogP contribution in [-0.2, 0) is 9.59 Å². The molecule has 1 fully saturated rings. The fourth-order valence-corrected chi connectivity index (χ4v) is 5.11. The summed E-state index contributed by atoms with van der Waals surface area (Å²) < 4.78 is 1.96. The van der Waals surface area contributed by atoms with Crippen molar-refractivity contribution in [3.63, 3.8) is 0 Å². The third-order valence-corrected chi connectivity index (χ3v) is 6.62. The third kappa shape index (κ3) is 3.27. The van der Waals surface area contributed by atoms with Crippen molar-refractivity contribution >= 4 is 34.9 Å². The molecule has 3 aromatic rings. The SMILES string of the molecule is O=C1CSc2ccccc2N1CCC(=O)N1CCCC1c1nnc2ccccn12. The lowest BCUT2D eigenvalue weighted by Crippen LogP contribution is -2.39. The van der Waals surface area contributed by atoms with Crippen molar-refractivity contribution in [1.29, 1.82) is 0 Å². The van der Waals surface area contributed by atoms with Crippen molar-refractivity contribution in [3.05, 3.63) is 54.5 Å². The summed E-state index contributed by atoms with van der Waals surface area (Å²) in [6.45, 7) is 1.12. The Morgan fingerprint density at radius 3 is 2.93 bits per heavy atom.